The van der Waals surface area contributed by atoms with Gasteiger partial charge in [-0.2, -0.15) is 0 Å². The number of amides is 1. The number of hydrogen-bond donors (Lipinski definition) is 0. The fourth-order valence-corrected chi connectivity index (χ4v) is 3.11. The maximum atomic E-state index is 11.5. The van der Waals surface area contributed by atoms with Crippen molar-refractivity contribution < 1.29 is 13.2 Å². The number of hydrogen-bond acceptors (Lipinski definition) is 3. The van der Waals surface area contributed by atoms with Crippen LogP contribution in [-0.4, -0.2) is 49.7 Å². The van der Waals surface area contributed by atoms with Gasteiger partial charge in [-0.15, -0.1) is 11.6 Å². The van der Waals surface area contributed by atoms with Crippen LogP contribution in [0.2, 0.25) is 0 Å². The highest BCUT2D eigenvalue weighted by atomic mass is 35.5. The summed E-state index contributed by atoms with van der Waals surface area (Å²) in [5.74, 6) is 0.125. The molecule has 1 fully saturated rings. The van der Waals surface area contributed by atoms with Gasteiger partial charge in [0.05, 0.1) is 5.75 Å². The highest BCUT2D eigenvalue weighted by Crippen LogP contribution is 2.19. The van der Waals surface area contributed by atoms with Gasteiger partial charge in [0.15, 0.2) is 0 Å². The Morgan fingerprint density at radius 3 is 2.67 bits per heavy atom. The van der Waals surface area contributed by atoms with Crippen molar-refractivity contribution in [2.75, 3.05) is 25.1 Å². The molecule has 0 bridgehead atoms. The Kier molecular flexibility index (Phi) is 4.00. The van der Waals surface area contributed by atoms with Crippen LogP contribution >= 0.6 is 11.6 Å². The lowest BCUT2D eigenvalue weighted by Crippen LogP contribution is -2.34. The zero-order valence-electron chi connectivity index (χ0n) is 8.94. The number of carbonyl (C=O) groups excluding carboxylic acids is 1. The zero-order valence-corrected chi connectivity index (χ0v) is 10.5. The summed E-state index contributed by atoms with van der Waals surface area (Å²) in [6, 6.07) is 0. The molecule has 1 rings (SSSR count). The van der Waals surface area contributed by atoms with E-state index in [1.165, 1.54) is 6.26 Å². The molecule has 0 aromatic carbocycles. The largest absolute Gasteiger partial charge is 0.341 e. The number of nitrogens with zero attached hydrogens (tertiary/aromatic N) is 1. The third-order valence-electron chi connectivity index (χ3n) is 2.48. The SMILES string of the molecule is CC(Cl)C(=O)N1CCC(CS(C)(=O)=O)C1. The molecule has 0 aliphatic carbocycles. The second-order valence-corrected chi connectivity index (χ2v) is 6.99. The van der Waals surface area contributed by atoms with E-state index in [1.54, 1.807) is 11.8 Å². The van der Waals surface area contributed by atoms with E-state index in [1.807, 2.05) is 0 Å². The lowest BCUT2D eigenvalue weighted by Gasteiger charge is -2.17. The minimum absolute atomic E-state index is 0.0689. The maximum absolute atomic E-state index is 11.5. The second kappa shape index (κ2) is 4.70. The van der Waals surface area contributed by atoms with Crippen LogP contribution in [-0.2, 0) is 14.6 Å². The van der Waals surface area contributed by atoms with Crippen molar-refractivity contribution in [1.29, 1.82) is 0 Å². The average Bonchev–Trinajstić information content (AvgIpc) is 2.48. The summed E-state index contributed by atoms with van der Waals surface area (Å²) < 4.78 is 22.1. The van der Waals surface area contributed by atoms with Crippen LogP contribution in [0.25, 0.3) is 0 Å². The molecule has 1 aliphatic rings. The van der Waals surface area contributed by atoms with Crippen LogP contribution in [0, 0.1) is 5.92 Å². The Labute approximate surface area is 95.5 Å². The minimum atomic E-state index is -2.95. The average molecular weight is 254 g/mol. The predicted molar refractivity (Wildman–Crippen MR) is 59.7 cm³/mol. The Morgan fingerprint density at radius 1 is 1.60 bits per heavy atom. The monoisotopic (exact) mass is 253 g/mol. The molecule has 2 unspecified atom stereocenters. The van der Waals surface area contributed by atoms with E-state index in [9.17, 15) is 13.2 Å². The van der Waals surface area contributed by atoms with Gasteiger partial charge in [0.2, 0.25) is 5.91 Å². The predicted octanol–water partition coefficient (Wildman–Crippen LogP) is 0.507. The van der Waals surface area contributed by atoms with Crippen molar-refractivity contribution >= 4 is 27.3 Å². The lowest BCUT2D eigenvalue weighted by atomic mass is 10.2. The molecule has 0 N–H and O–H groups in total. The summed E-state index contributed by atoms with van der Waals surface area (Å²) in [7, 11) is -2.95. The standard InChI is InChI=1S/C9H16ClNO3S/c1-7(10)9(12)11-4-3-8(5-11)6-15(2,13)14/h7-8H,3-6H2,1-2H3. The van der Waals surface area contributed by atoms with Gasteiger partial charge >= 0.3 is 0 Å². The van der Waals surface area contributed by atoms with E-state index in [2.05, 4.69) is 0 Å². The molecule has 1 heterocycles. The first-order chi connectivity index (χ1) is 6.79. The molecule has 1 saturated heterocycles. The van der Waals surface area contributed by atoms with Gasteiger partial charge in [-0.3, -0.25) is 4.79 Å². The van der Waals surface area contributed by atoms with Crippen LogP contribution in [0.3, 0.4) is 0 Å². The molecular formula is C9H16ClNO3S. The zero-order chi connectivity index (χ0) is 11.6. The first kappa shape index (κ1) is 12.8. The molecule has 6 heteroatoms. The molecule has 88 valence electrons. The number of likely N-dealkylation sites (tertiary alicyclic amines) is 1. The van der Waals surface area contributed by atoms with E-state index in [4.69, 9.17) is 11.6 Å². The molecule has 1 amide bonds. The van der Waals surface area contributed by atoms with E-state index in [-0.39, 0.29) is 17.6 Å². The first-order valence-electron chi connectivity index (χ1n) is 4.90. The van der Waals surface area contributed by atoms with Gasteiger partial charge in [0.25, 0.3) is 0 Å². The Morgan fingerprint density at radius 2 is 2.20 bits per heavy atom. The molecule has 0 saturated carbocycles. The van der Waals surface area contributed by atoms with Gasteiger partial charge in [-0.1, -0.05) is 0 Å². The molecular weight excluding hydrogens is 238 g/mol. The summed E-state index contributed by atoms with van der Waals surface area (Å²) in [6.45, 7) is 2.77. The van der Waals surface area contributed by atoms with Crippen molar-refractivity contribution in [3.8, 4) is 0 Å². The molecule has 0 aromatic rings. The van der Waals surface area contributed by atoms with Crippen molar-refractivity contribution in [1.82, 2.24) is 4.90 Å². The third-order valence-corrected chi connectivity index (χ3v) is 3.74. The highest BCUT2D eigenvalue weighted by Gasteiger charge is 2.29. The Balaban J connectivity index is 2.50. The number of rotatable bonds is 3. The van der Waals surface area contributed by atoms with Crippen LogP contribution in [0.4, 0.5) is 0 Å². The smallest absolute Gasteiger partial charge is 0.240 e. The molecule has 0 aromatic heterocycles. The summed E-state index contributed by atoms with van der Waals surface area (Å²) in [5, 5.41) is -0.526. The minimum Gasteiger partial charge on any atom is -0.341 e. The summed E-state index contributed by atoms with van der Waals surface area (Å²) in [5.41, 5.74) is 0. The summed E-state index contributed by atoms with van der Waals surface area (Å²) in [4.78, 5) is 13.1. The van der Waals surface area contributed by atoms with Crippen LogP contribution in [0.15, 0.2) is 0 Å². The Hall–Kier alpha value is -0.290. The van der Waals surface area contributed by atoms with E-state index in [0.29, 0.717) is 13.1 Å². The molecule has 1 aliphatic heterocycles. The number of carbonyl (C=O) groups is 1. The lowest BCUT2D eigenvalue weighted by molar-refractivity contribution is -0.129. The third kappa shape index (κ3) is 3.99. The van der Waals surface area contributed by atoms with E-state index >= 15 is 0 Å². The van der Waals surface area contributed by atoms with Gasteiger partial charge in [0, 0.05) is 19.3 Å². The maximum Gasteiger partial charge on any atom is 0.240 e. The second-order valence-electron chi connectivity index (χ2n) is 4.15. The quantitative estimate of drug-likeness (QED) is 0.689. The number of halogens is 1. The fraction of sp³-hybridized carbons (Fsp3) is 0.889. The molecule has 0 radical (unpaired) electrons. The first-order valence-corrected chi connectivity index (χ1v) is 7.40. The molecule has 15 heavy (non-hydrogen) atoms. The topological polar surface area (TPSA) is 54.5 Å². The fourth-order valence-electron chi connectivity index (χ4n) is 1.85. The van der Waals surface area contributed by atoms with Gasteiger partial charge in [-0.05, 0) is 19.3 Å². The number of sulfone groups is 1. The molecule has 2 atom stereocenters. The van der Waals surface area contributed by atoms with Gasteiger partial charge in [0.1, 0.15) is 15.2 Å². The van der Waals surface area contributed by atoms with Gasteiger partial charge in [-0.25, -0.2) is 8.42 Å². The van der Waals surface area contributed by atoms with Crippen molar-refractivity contribution in [3.63, 3.8) is 0 Å². The Bertz CT molecular complexity index is 339. The van der Waals surface area contributed by atoms with Crippen LogP contribution in [0.1, 0.15) is 13.3 Å². The van der Waals surface area contributed by atoms with Crippen molar-refractivity contribution in [2.45, 2.75) is 18.7 Å². The van der Waals surface area contributed by atoms with E-state index < -0.39 is 15.2 Å². The summed E-state index contributed by atoms with van der Waals surface area (Å²) in [6.07, 6.45) is 1.98. The van der Waals surface area contributed by atoms with Crippen LogP contribution in [0.5, 0.6) is 0 Å². The highest BCUT2D eigenvalue weighted by molar-refractivity contribution is 7.90. The summed E-state index contributed by atoms with van der Waals surface area (Å²) >= 11 is 5.68. The molecule has 4 nitrogen and oxygen atoms in total. The van der Waals surface area contributed by atoms with Crippen molar-refractivity contribution in [2.24, 2.45) is 5.92 Å². The van der Waals surface area contributed by atoms with Gasteiger partial charge < -0.3 is 4.90 Å². The van der Waals surface area contributed by atoms with E-state index in [0.717, 1.165) is 6.42 Å². The normalized spacial score (nSPS) is 24.2. The van der Waals surface area contributed by atoms with Crippen LogP contribution < -0.4 is 0 Å². The number of alkyl halides is 1. The molecule has 0 spiro atoms. The van der Waals surface area contributed by atoms with Crippen molar-refractivity contribution in [3.05, 3.63) is 0 Å².